The van der Waals surface area contributed by atoms with E-state index in [0.29, 0.717) is 46.1 Å². The van der Waals surface area contributed by atoms with Crippen LogP contribution < -0.4 is 20.5 Å². The van der Waals surface area contributed by atoms with Gasteiger partial charge in [0.15, 0.2) is 11.5 Å². The number of halogens is 1. The van der Waals surface area contributed by atoms with Crippen molar-refractivity contribution in [3.8, 4) is 21.9 Å². The molecule has 2 aromatic heterocycles. The van der Waals surface area contributed by atoms with Crippen molar-refractivity contribution < 1.29 is 18.7 Å². The molecule has 6 nitrogen and oxygen atoms in total. The van der Waals surface area contributed by atoms with E-state index in [-0.39, 0.29) is 11.7 Å². The molecule has 2 aromatic carbocycles. The van der Waals surface area contributed by atoms with E-state index in [9.17, 15) is 9.18 Å². The molecular weight excluding hydrogens is 429 g/mol. The number of hydrogen-bond donors (Lipinski definition) is 2. The highest BCUT2D eigenvalue weighted by atomic mass is 32.1. The van der Waals surface area contributed by atoms with Crippen molar-refractivity contribution in [1.29, 1.82) is 0 Å². The van der Waals surface area contributed by atoms with E-state index >= 15 is 0 Å². The number of nitrogens with two attached hydrogens (primary N) is 1. The fourth-order valence-electron chi connectivity index (χ4n) is 3.47. The first-order chi connectivity index (χ1) is 15.5. The van der Waals surface area contributed by atoms with Gasteiger partial charge in [-0.05, 0) is 53.9 Å². The monoisotopic (exact) mass is 451 g/mol. The standard InChI is InChI=1S/C24H22FN3O3S/c1-30-18-9-3-14(13-19(18)31-2)11-12-27-23(29)21-17-8-10-20(26)28-24(17)32-22(21)15-4-6-16(25)7-5-15/h3-10,13H,11-12H2,1-2H3,(H2,26,28)(H,27,29). The molecule has 1 amide bonds. The lowest BCUT2D eigenvalue weighted by Gasteiger charge is -2.10. The average molecular weight is 452 g/mol. The molecule has 0 saturated carbocycles. The van der Waals surface area contributed by atoms with Gasteiger partial charge in [0.1, 0.15) is 16.5 Å². The summed E-state index contributed by atoms with van der Waals surface area (Å²) in [6.45, 7) is 0.427. The Labute approximate surface area is 188 Å². The number of thiophene rings is 1. The van der Waals surface area contributed by atoms with Gasteiger partial charge in [0, 0.05) is 16.8 Å². The van der Waals surface area contributed by atoms with Crippen LogP contribution >= 0.6 is 11.3 Å². The summed E-state index contributed by atoms with van der Waals surface area (Å²) < 4.78 is 24.0. The number of nitrogens with one attached hydrogen (secondary N) is 1. The van der Waals surface area contributed by atoms with Gasteiger partial charge in [-0.2, -0.15) is 0 Å². The molecule has 0 aliphatic carbocycles. The molecule has 0 fully saturated rings. The highest BCUT2D eigenvalue weighted by Crippen LogP contribution is 2.38. The molecule has 0 unspecified atom stereocenters. The highest BCUT2D eigenvalue weighted by Gasteiger charge is 2.21. The van der Waals surface area contributed by atoms with Crippen LogP contribution in [0.4, 0.5) is 10.2 Å². The number of benzene rings is 2. The van der Waals surface area contributed by atoms with Crippen molar-refractivity contribution in [3.63, 3.8) is 0 Å². The van der Waals surface area contributed by atoms with E-state index in [0.717, 1.165) is 16.0 Å². The number of nitrogens with zero attached hydrogens (tertiary/aromatic N) is 1. The maximum absolute atomic E-state index is 13.4. The Hall–Kier alpha value is -3.65. The van der Waals surface area contributed by atoms with Crippen molar-refractivity contribution >= 4 is 33.3 Å². The van der Waals surface area contributed by atoms with Crippen LogP contribution in [-0.2, 0) is 6.42 Å². The van der Waals surface area contributed by atoms with Crippen molar-refractivity contribution in [2.24, 2.45) is 0 Å². The third-order valence-corrected chi connectivity index (χ3v) is 6.21. The molecular formula is C24H22FN3O3S. The van der Waals surface area contributed by atoms with Gasteiger partial charge in [0.2, 0.25) is 0 Å². The number of ether oxygens (including phenoxy) is 2. The van der Waals surface area contributed by atoms with Crippen LogP contribution in [0.5, 0.6) is 11.5 Å². The van der Waals surface area contributed by atoms with Crippen LogP contribution in [0.1, 0.15) is 15.9 Å². The molecule has 0 aliphatic heterocycles. The van der Waals surface area contributed by atoms with E-state index in [1.54, 1.807) is 38.5 Å². The molecule has 0 atom stereocenters. The van der Waals surface area contributed by atoms with Crippen molar-refractivity contribution in [1.82, 2.24) is 10.3 Å². The highest BCUT2D eigenvalue weighted by molar-refractivity contribution is 7.22. The average Bonchev–Trinajstić information content (AvgIpc) is 3.17. The summed E-state index contributed by atoms with van der Waals surface area (Å²) in [5, 5.41) is 3.71. The zero-order valence-corrected chi connectivity index (χ0v) is 18.5. The summed E-state index contributed by atoms with van der Waals surface area (Å²) >= 11 is 1.36. The minimum absolute atomic E-state index is 0.220. The number of hydrogen-bond acceptors (Lipinski definition) is 6. The van der Waals surface area contributed by atoms with Gasteiger partial charge in [0.05, 0.1) is 19.8 Å². The first-order valence-corrected chi connectivity index (χ1v) is 10.8. The van der Waals surface area contributed by atoms with Gasteiger partial charge >= 0.3 is 0 Å². The smallest absolute Gasteiger partial charge is 0.253 e. The zero-order valence-electron chi connectivity index (χ0n) is 17.6. The number of nitrogen functional groups attached to an aromatic ring is 1. The summed E-state index contributed by atoms with van der Waals surface area (Å²) in [4.78, 5) is 18.9. The number of pyridine rings is 1. The number of carbonyl (C=O) groups excluding carboxylic acids is 1. The molecule has 4 rings (SSSR count). The summed E-state index contributed by atoms with van der Waals surface area (Å²) in [5.74, 6) is 1.12. The predicted molar refractivity (Wildman–Crippen MR) is 125 cm³/mol. The molecule has 0 saturated heterocycles. The molecule has 32 heavy (non-hydrogen) atoms. The zero-order chi connectivity index (χ0) is 22.7. The van der Waals surface area contributed by atoms with E-state index in [1.165, 1.54) is 23.5 Å². The molecule has 164 valence electrons. The summed E-state index contributed by atoms with van der Waals surface area (Å²) in [5.41, 5.74) is 8.10. The van der Waals surface area contributed by atoms with Crippen LogP contribution in [0, 0.1) is 5.82 Å². The van der Waals surface area contributed by atoms with E-state index in [4.69, 9.17) is 15.2 Å². The SMILES string of the molecule is COc1ccc(CCNC(=O)c2c(-c3ccc(F)cc3)sc3nc(N)ccc23)cc1OC. The van der Waals surface area contributed by atoms with Gasteiger partial charge < -0.3 is 20.5 Å². The lowest BCUT2D eigenvalue weighted by molar-refractivity contribution is 0.0956. The van der Waals surface area contributed by atoms with Gasteiger partial charge in [0.25, 0.3) is 5.91 Å². The molecule has 4 aromatic rings. The van der Waals surface area contributed by atoms with Crippen LogP contribution in [0.3, 0.4) is 0 Å². The molecule has 3 N–H and O–H groups in total. The number of methoxy groups -OCH3 is 2. The second kappa shape index (κ2) is 9.23. The summed E-state index contributed by atoms with van der Waals surface area (Å²) in [6, 6.07) is 15.2. The Morgan fingerprint density at radius 2 is 1.81 bits per heavy atom. The normalized spacial score (nSPS) is 10.8. The molecule has 0 aliphatic rings. The maximum Gasteiger partial charge on any atom is 0.253 e. The first-order valence-electron chi connectivity index (χ1n) is 9.94. The van der Waals surface area contributed by atoms with Gasteiger partial charge in [-0.1, -0.05) is 18.2 Å². The lowest BCUT2D eigenvalue weighted by Crippen LogP contribution is -2.26. The second-order valence-electron chi connectivity index (χ2n) is 7.10. The quantitative estimate of drug-likeness (QED) is 0.426. The fourth-order valence-corrected chi connectivity index (χ4v) is 4.65. The van der Waals surface area contributed by atoms with E-state index in [2.05, 4.69) is 10.3 Å². The van der Waals surface area contributed by atoms with Gasteiger partial charge in [-0.25, -0.2) is 9.37 Å². The van der Waals surface area contributed by atoms with Crippen LogP contribution in [0.15, 0.2) is 54.6 Å². The Balaban J connectivity index is 1.59. The number of carbonyl (C=O) groups is 1. The lowest BCUT2D eigenvalue weighted by atomic mass is 10.1. The van der Waals surface area contributed by atoms with Crippen molar-refractivity contribution in [2.75, 3.05) is 26.5 Å². The second-order valence-corrected chi connectivity index (χ2v) is 8.10. The van der Waals surface area contributed by atoms with Crippen LogP contribution in [-0.4, -0.2) is 31.7 Å². The van der Waals surface area contributed by atoms with Crippen molar-refractivity contribution in [2.45, 2.75) is 6.42 Å². The molecule has 0 spiro atoms. The molecule has 0 bridgehead atoms. The number of amides is 1. The predicted octanol–water partition coefficient (Wildman–Crippen LogP) is 4.67. The number of fused-ring (bicyclic) bond motifs is 1. The summed E-state index contributed by atoms with van der Waals surface area (Å²) in [6.07, 6.45) is 0.616. The summed E-state index contributed by atoms with van der Waals surface area (Å²) in [7, 11) is 3.17. The van der Waals surface area contributed by atoms with Crippen LogP contribution in [0.25, 0.3) is 20.7 Å². The Morgan fingerprint density at radius 1 is 1.06 bits per heavy atom. The van der Waals surface area contributed by atoms with Gasteiger partial charge in [-0.15, -0.1) is 11.3 Å². The largest absolute Gasteiger partial charge is 0.493 e. The molecule has 2 heterocycles. The van der Waals surface area contributed by atoms with E-state index < -0.39 is 0 Å². The minimum atomic E-state index is -0.335. The fraction of sp³-hybridized carbons (Fsp3) is 0.167. The number of aromatic nitrogens is 1. The van der Waals surface area contributed by atoms with Gasteiger partial charge in [-0.3, -0.25) is 4.79 Å². The Kier molecular flexibility index (Phi) is 6.23. The number of rotatable bonds is 7. The Bertz CT molecular complexity index is 1270. The molecule has 8 heteroatoms. The third kappa shape index (κ3) is 4.36. The topological polar surface area (TPSA) is 86.5 Å². The third-order valence-electron chi connectivity index (χ3n) is 5.06. The van der Waals surface area contributed by atoms with Crippen LogP contribution in [0.2, 0.25) is 0 Å². The molecule has 0 radical (unpaired) electrons. The minimum Gasteiger partial charge on any atom is -0.493 e. The maximum atomic E-state index is 13.4. The van der Waals surface area contributed by atoms with Crippen molar-refractivity contribution in [3.05, 3.63) is 71.5 Å². The Morgan fingerprint density at radius 3 is 2.53 bits per heavy atom. The number of anilines is 1. The first kappa shape index (κ1) is 21.6. The van der Waals surface area contributed by atoms with E-state index in [1.807, 2.05) is 18.2 Å².